The Balaban J connectivity index is 1.56. The monoisotopic (exact) mass is 323 g/mol. The number of benzene rings is 1. The van der Waals surface area contributed by atoms with Crippen molar-refractivity contribution < 1.29 is 9.90 Å². The number of hydrogen-bond donors (Lipinski definition) is 2. The second kappa shape index (κ2) is 5.61. The van der Waals surface area contributed by atoms with Crippen LogP contribution in [0.25, 0.3) is 5.69 Å². The molecular weight excluding hydrogens is 306 g/mol. The van der Waals surface area contributed by atoms with E-state index < -0.39 is 5.60 Å². The van der Waals surface area contributed by atoms with Crippen molar-refractivity contribution in [2.45, 2.75) is 12.0 Å². The van der Waals surface area contributed by atoms with Gasteiger partial charge in [-0.15, -0.1) is 0 Å². The zero-order valence-electron chi connectivity index (χ0n) is 13.0. The molecule has 2 aromatic heterocycles. The highest BCUT2D eigenvalue weighted by molar-refractivity contribution is 5.95. The third kappa shape index (κ3) is 2.48. The van der Waals surface area contributed by atoms with Crippen LogP contribution >= 0.6 is 0 Å². The molecule has 3 heterocycles. The van der Waals surface area contributed by atoms with Crippen molar-refractivity contribution in [2.24, 2.45) is 0 Å². The number of aromatic nitrogens is 4. The first-order valence-electron chi connectivity index (χ1n) is 7.77. The van der Waals surface area contributed by atoms with Crippen LogP contribution in [-0.2, 0) is 5.60 Å². The molecule has 1 aliphatic heterocycles. The number of H-pyrrole nitrogens is 1. The fourth-order valence-corrected chi connectivity index (χ4v) is 3.09. The highest BCUT2D eigenvalue weighted by atomic mass is 16.3. The average Bonchev–Trinajstić information content (AvgIpc) is 3.35. The van der Waals surface area contributed by atoms with E-state index in [1.807, 2.05) is 47.3 Å². The molecule has 3 aromatic rings. The minimum Gasteiger partial charge on any atom is -0.381 e. The van der Waals surface area contributed by atoms with Crippen LogP contribution in [0.15, 0.2) is 55.0 Å². The normalized spacial score (nSPS) is 20.5. The van der Waals surface area contributed by atoms with Gasteiger partial charge >= 0.3 is 0 Å². The molecular formula is C17H17N5O2. The highest BCUT2D eigenvalue weighted by Gasteiger charge is 2.41. The number of hydrogen-bond acceptors (Lipinski definition) is 4. The summed E-state index contributed by atoms with van der Waals surface area (Å²) < 4.78 is 1.95. The molecule has 0 spiro atoms. The van der Waals surface area contributed by atoms with Gasteiger partial charge in [0.15, 0.2) is 0 Å². The number of carbonyl (C=O) groups excluding carboxylic acids is 1. The van der Waals surface area contributed by atoms with Gasteiger partial charge in [-0.3, -0.25) is 4.79 Å². The standard InChI is InChI=1S/C17H17N5O2/c23-16(13-4-3-5-14(10-13)21-7-1-2-8-21)22-9-6-17(24,12-22)15-11-18-20-19-15/h1-5,7-8,10-11,24H,6,9,12H2,(H,18,19,20). The first kappa shape index (κ1) is 14.6. The number of aliphatic hydroxyl groups is 1. The molecule has 4 rings (SSSR count). The summed E-state index contributed by atoms with van der Waals surface area (Å²) in [6, 6.07) is 11.3. The van der Waals surface area contributed by atoms with Crippen LogP contribution in [0.4, 0.5) is 0 Å². The average molecular weight is 323 g/mol. The van der Waals surface area contributed by atoms with Gasteiger partial charge in [0.2, 0.25) is 0 Å². The van der Waals surface area contributed by atoms with E-state index in [-0.39, 0.29) is 12.5 Å². The van der Waals surface area contributed by atoms with Gasteiger partial charge in [0.25, 0.3) is 5.91 Å². The molecule has 1 fully saturated rings. The van der Waals surface area contributed by atoms with Crippen LogP contribution in [0.1, 0.15) is 22.5 Å². The maximum Gasteiger partial charge on any atom is 0.254 e. The lowest BCUT2D eigenvalue weighted by Gasteiger charge is -2.21. The van der Waals surface area contributed by atoms with Crippen molar-refractivity contribution in [2.75, 3.05) is 13.1 Å². The number of carbonyl (C=O) groups is 1. The molecule has 24 heavy (non-hydrogen) atoms. The number of nitrogens with zero attached hydrogens (tertiary/aromatic N) is 4. The molecule has 7 nitrogen and oxygen atoms in total. The summed E-state index contributed by atoms with van der Waals surface area (Å²) in [5.41, 5.74) is 0.863. The van der Waals surface area contributed by atoms with Gasteiger partial charge in [-0.1, -0.05) is 6.07 Å². The first-order chi connectivity index (χ1) is 11.7. The van der Waals surface area contributed by atoms with E-state index in [0.717, 1.165) is 5.69 Å². The topological polar surface area (TPSA) is 87.0 Å². The zero-order valence-corrected chi connectivity index (χ0v) is 13.0. The second-order valence-electron chi connectivity index (χ2n) is 6.00. The lowest BCUT2D eigenvalue weighted by Crippen LogP contribution is -2.34. The molecule has 0 saturated carbocycles. The van der Waals surface area contributed by atoms with Crippen LogP contribution < -0.4 is 0 Å². The molecule has 0 radical (unpaired) electrons. The minimum atomic E-state index is -1.14. The van der Waals surface area contributed by atoms with Crippen molar-refractivity contribution in [3.8, 4) is 5.69 Å². The third-order valence-electron chi connectivity index (χ3n) is 4.42. The fourth-order valence-electron chi connectivity index (χ4n) is 3.09. The molecule has 0 bridgehead atoms. The summed E-state index contributed by atoms with van der Waals surface area (Å²) in [5, 5.41) is 20.9. The van der Waals surface area contributed by atoms with Crippen molar-refractivity contribution in [3.05, 3.63) is 66.2 Å². The maximum absolute atomic E-state index is 12.8. The van der Waals surface area contributed by atoms with E-state index >= 15 is 0 Å². The number of aromatic amines is 1. The predicted molar refractivity (Wildman–Crippen MR) is 86.6 cm³/mol. The SMILES string of the molecule is O=C(c1cccc(-n2cccc2)c1)N1CCC(O)(c2cn[nH]n2)C1. The molecule has 7 heteroatoms. The first-order valence-corrected chi connectivity index (χ1v) is 7.77. The van der Waals surface area contributed by atoms with Gasteiger partial charge in [0.05, 0.1) is 12.7 Å². The Morgan fingerprint density at radius 3 is 2.83 bits per heavy atom. The summed E-state index contributed by atoms with van der Waals surface area (Å²) in [5.74, 6) is -0.0940. The van der Waals surface area contributed by atoms with Crippen LogP contribution in [0.3, 0.4) is 0 Å². The Labute approximate surface area is 138 Å². The summed E-state index contributed by atoms with van der Waals surface area (Å²) in [6.45, 7) is 0.696. The molecule has 1 amide bonds. The van der Waals surface area contributed by atoms with E-state index in [2.05, 4.69) is 15.4 Å². The molecule has 1 aliphatic rings. The van der Waals surface area contributed by atoms with Crippen molar-refractivity contribution in [3.63, 3.8) is 0 Å². The quantitative estimate of drug-likeness (QED) is 0.761. The van der Waals surface area contributed by atoms with Gasteiger partial charge in [-0.2, -0.15) is 15.4 Å². The van der Waals surface area contributed by atoms with Gasteiger partial charge in [0, 0.05) is 36.6 Å². The van der Waals surface area contributed by atoms with E-state index in [0.29, 0.717) is 24.2 Å². The van der Waals surface area contributed by atoms with Crippen molar-refractivity contribution in [1.29, 1.82) is 0 Å². The number of β-amino-alcohol motifs (C(OH)–C–C–N with tert-alkyl or cyclic N) is 1. The molecule has 2 N–H and O–H groups in total. The Bertz CT molecular complexity index is 844. The van der Waals surface area contributed by atoms with Crippen LogP contribution in [-0.4, -0.2) is 49.0 Å². The van der Waals surface area contributed by atoms with E-state index in [1.54, 1.807) is 11.0 Å². The zero-order chi connectivity index (χ0) is 16.6. The van der Waals surface area contributed by atoms with Gasteiger partial charge < -0.3 is 14.6 Å². The van der Waals surface area contributed by atoms with Gasteiger partial charge in [-0.05, 0) is 30.3 Å². The van der Waals surface area contributed by atoms with Gasteiger partial charge in [-0.25, -0.2) is 0 Å². The largest absolute Gasteiger partial charge is 0.381 e. The smallest absolute Gasteiger partial charge is 0.254 e. The Morgan fingerprint density at radius 1 is 1.25 bits per heavy atom. The summed E-state index contributed by atoms with van der Waals surface area (Å²) in [4.78, 5) is 14.4. The molecule has 1 saturated heterocycles. The third-order valence-corrected chi connectivity index (χ3v) is 4.42. The lowest BCUT2D eigenvalue weighted by molar-refractivity contribution is 0.0382. The Hall–Kier alpha value is -2.93. The van der Waals surface area contributed by atoms with Crippen LogP contribution in [0.2, 0.25) is 0 Å². The van der Waals surface area contributed by atoms with Crippen LogP contribution in [0.5, 0.6) is 0 Å². The highest BCUT2D eigenvalue weighted by Crippen LogP contribution is 2.31. The number of amides is 1. The molecule has 122 valence electrons. The summed E-state index contributed by atoms with van der Waals surface area (Å²) >= 11 is 0. The van der Waals surface area contributed by atoms with Crippen molar-refractivity contribution in [1.82, 2.24) is 24.9 Å². The van der Waals surface area contributed by atoms with Crippen LogP contribution in [0, 0.1) is 0 Å². The van der Waals surface area contributed by atoms with E-state index in [1.165, 1.54) is 6.20 Å². The lowest BCUT2D eigenvalue weighted by atomic mass is 10.00. The Kier molecular flexibility index (Phi) is 3.42. The van der Waals surface area contributed by atoms with Gasteiger partial charge in [0.1, 0.15) is 11.3 Å². The molecule has 0 aliphatic carbocycles. The summed E-state index contributed by atoms with van der Waals surface area (Å²) in [6.07, 6.45) is 5.81. The number of nitrogens with one attached hydrogen (secondary N) is 1. The number of rotatable bonds is 3. The fraction of sp³-hybridized carbons (Fsp3) is 0.235. The molecule has 1 atom stereocenters. The van der Waals surface area contributed by atoms with E-state index in [4.69, 9.17) is 0 Å². The molecule has 1 unspecified atom stereocenters. The maximum atomic E-state index is 12.8. The van der Waals surface area contributed by atoms with E-state index in [9.17, 15) is 9.90 Å². The predicted octanol–water partition coefficient (Wildman–Crippen LogP) is 1.33. The summed E-state index contributed by atoms with van der Waals surface area (Å²) in [7, 11) is 0. The Morgan fingerprint density at radius 2 is 2.08 bits per heavy atom. The van der Waals surface area contributed by atoms with Crippen molar-refractivity contribution >= 4 is 5.91 Å². The minimum absolute atomic E-state index is 0.0940. The number of likely N-dealkylation sites (tertiary alicyclic amines) is 1. The second-order valence-corrected chi connectivity index (χ2v) is 6.00. The molecule has 1 aromatic carbocycles.